The van der Waals surface area contributed by atoms with Crippen molar-refractivity contribution in [3.63, 3.8) is 0 Å². The summed E-state index contributed by atoms with van der Waals surface area (Å²) in [4.78, 5) is 12.9. The van der Waals surface area contributed by atoms with Gasteiger partial charge in [-0.25, -0.2) is 0 Å². The molecule has 0 bridgehead atoms. The summed E-state index contributed by atoms with van der Waals surface area (Å²) in [5.41, 5.74) is 2.54. The van der Waals surface area contributed by atoms with E-state index < -0.39 is 0 Å². The Labute approximate surface area is 196 Å². The van der Waals surface area contributed by atoms with Crippen molar-refractivity contribution < 1.29 is 23.7 Å². The van der Waals surface area contributed by atoms with E-state index in [1.54, 1.807) is 56.7 Å². The molecule has 0 spiro atoms. The quantitative estimate of drug-likeness (QED) is 0.384. The first-order chi connectivity index (χ1) is 15.4. The Morgan fingerprint density at radius 3 is 2.34 bits per heavy atom. The van der Waals surface area contributed by atoms with Gasteiger partial charge in [0.05, 0.1) is 19.8 Å². The zero-order chi connectivity index (χ0) is 22.8. The summed E-state index contributed by atoms with van der Waals surface area (Å²) >= 11 is 12.5. The second-order valence-electron chi connectivity index (χ2n) is 7.08. The number of para-hydroxylation sites is 1. The Morgan fingerprint density at radius 2 is 1.66 bits per heavy atom. The van der Waals surface area contributed by atoms with Crippen molar-refractivity contribution in [2.45, 2.75) is 13.5 Å². The molecule has 164 valence electrons. The number of hydrogen-bond donors (Lipinski definition) is 0. The SMILES string of the molecule is COc1cccc(/C=C2\Oc3c(ccc(OCc4c(Cl)cccc4Cl)c3C)C2=O)c1OC. The van der Waals surface area contributed by atoms with Crippen molar-refractivity contribution in [3.8, 4) is 23.0 Å². The van der Waals surface area contributed by atoms with Gasteiger partial charge >= 0.3 is 0 Å². The van der Waals surface area contributed by atoms with Crippen LogP contribution in [0, 0.1) is 6.92 Å². The highest BCUT2D eigenvalue weighted by Gasteiger charge is 2.30. The summed E-state index contributed by atoms with van der Waals surface area (Å²) in [7, 11) is 3.10. The molecule has 0 saturated carbocycles. The number of allylic oxidation sites excluding steroid dienone is 1. The maximum absolute atomic E-state index is 12.9. The Hall–Kier alpha value is -3.15. The van der Waals surface area contributed by atoms with Crippen LogP contribution in [-0.4, -0.2) is 20.0 Å². The Kier molecular flexibility index (Phi) is 6.31. The molecule has 0 aliphatic carbocycles. The van der Waals surface area contributed by atoms with E-state index in [1.165, 1.54) is 0 Å². The minimum atomic E-state index is -0.214. The summed E-state index contributed by atoms with van der Waals surface area (Å²) in [6.45, 7) is 2.03. The molecule has 1 heterocycles. The number of ether oxygens (including phenoxy) is 4. The van der Waals surface area contributed by atoms with E-state index in [-0.39, 0.29) is 18.1 Å². The van der Waals surface area contributed by atoms with Crippen LogP contribution in [0.1, 0.15) is 27.0 Å². The molecule has 0 saturated heterocycles. The molecule has 1 aliphatic heterocycles. The van der Waals surface area contributed by atoms with E-state index in [2.05, 4.69) is 0 Å². The van der Waals surface area contributed by atoms with Gasteiger partial charge in [-0.1, -0.05) is 41.4 Å². The van der Waals surface area contributed by atoms with Crippen molar-refractivity contribution in [1.29, 1.82) is 0 Å². The molecule has 3 aromatic carbocycles. The fourth-order valence-electron chi connectivity index (χ4n) is 3.51. The molecular formula is C25H20Cl2O5. The zero-order valence-electron chi connectivity index (χ0n) is 17.7. The summed E-state index contributed by atoms with van der Waals surface area (Å²) in [6, 6.07) is 14.2. The first-order valence-corrected chi connectivity index (χ1v) is 10.5. The standard InChI is InChI=1S/C25H20Cl2O5/c1-14-20(31-13-17-18(26)7-5-8-19(17)27)11-10-16-23(28)22(32-24(14)16)12-15-6-4-9-21(29-2)25(15)30-3/h4-12H,13H2,1-3H3/b22-12-. The monoisotopic (exact) mass is 470 g/mol. The fraction of sp³-hybridized carbons (Fsp3) is 0.160. The molecule has 32 heavy (non-hydrogen) atoms. The van der Waals surface area contributed by atoms with Crippen molar-refractivity contribution in [2.24, 2.45) is 0 Å². The second kappa shape index (κ2) is 9.15. The minimum absolute atomic E-state index is 0.190. The Morgan fingerprint density at radius 1 is 0.938 bits per heavy atom. The van der Waals surface area contributed by atoms with Gasteiger partial charge < -0.3 is 18.9 Å². The first-order valence-electron chi connectivity index (χ1n) is 9.79. The van der Waals surface area contributed by atoms with Crippen LogP contribution in [0.3, 0.4) is 0 Å². The molecule has 0 fully saturated rings. The maximum atomic E-state index is 12.9. The number of ketones is 1. The number of rotatable bonds is 6. The van der Waals surface area contributed by atoms with Crippen molar-refractivity contribution in [2.75, 3.05) is 14.2 Å². The van der Waals surface area contributed by atoms with E-state index in [4.69, 9.17) is 42.1 Å². The van der Waals surface area contributed by atoms with Gasteiger partial charge in [0.1, 0.15) is 18.1 Å². The van der Waals surface area contributed by atoms with Crippen LogP contribution in [0.15, 0.2) is 54.3 Å². The molecule has 0 radical (unpaired) electrons. The number of fused-ring (bicyclic) bond motifs is 1. The van der Waals surface area contributed by atoms with Crippen LogP contribution < -0.4 is 18.9 Å². The highest BCUT2D eigenvalue weighted by molar-refractivity contribution is 6.35. The van der Waals surface area contributed by atoms with E-state index in [0.29, 0.717) is 55.3 Å². The van der Waals surface area contributed by atoms with Crippen LogP contribution in [0.25, 0.3) is 6.08 Å². The van der Waals surface area contributed by atoms with Gasteiger partial charge in [-0.2, -0.15) is 0 Å². The van der Waals surface area contributed by atoms with Crippen molar-refractivity contribution in [3.05, 3.63) is 86.6 Å². The van der Waals surface area contributed by atoms with Crippen LogP contribution in [-0.2, 0) is 6.61 Å². The van der Waals surface area contributed by atoms with Gasteiger partial charge in [0.15, 0.2) is 17.3 Å². The number of benzene rings is 3. The van der Waals surface area contributed by atoms with E-state index in [9.17, 15) is 4.79 Å². The van der Waals surface area contributed by atoms with Crippen LogP contribution in [0.4, 0.5) is 0 Å². The van der Waals surface area contributed by atoms with Crippen molar-refractivity contribution >= 4 is 35.1 Å². The molecule has 0 aromatic heterocycles. The Balaban J connectivity index is 1.62. The number of carbonyl (C=O) groups is 1. The summed E-state index contributed by atoms with van der Waals surface area (Å²) in [5, 5.41) is 1.06. The van der Waals surface area contributed by atoms with Gasteiger partial charge in [0.25, 0.3) is 0 Å². The summed E-state index contributed by atoms with van der Waals surface area (Å²) in [6.07, 6.45) is 1.65. The third-order valence-electron chi connectivity index (χ3n) is 5.19. The Bertz CT molecular complexity index is 1210. The van der Waals surface area contributed by atoms with E-state index in [1.807, 2.05) is 19.1 Å². The normalized spacial score (nSPS) is 13.7. The lowest BCUT2D eigenvalue weighted by Gasteiger charge is -2.13. The highest BCUT2D eigenvalue weighted by Crippen LogP contribution is 2.41. The zero-order valence-corrected chi connectivity index (χ0v) is 19.2. The summed E-state index contributed by atoms with van der Waals surface area (Å²) in [5.74, 6) is 2.11. The van der Waals surface area contributed by atoms with Gasteiger partial charge in [-0.3, -0.25) is 4.79 Å². The molecule has 4 rings (SSSR count). The minimum Gasteiger partial charge on any atom is -0.493 e. The van der Waals surface area contributed by atoms with Crippen LogP contribution >= 0.6 is 23.2 Å². The molecule has 0 N–H and O–H groups in total. The topological polar surface area (TPSA) is 54.0 Å². The maximum Gasteiger partial charge on any atom is 0.231 e. The molecule has 0 atom stereocenters. The number of halogens is 2. The summed E-state index contributed by atoms with van der Waals surface area (Å²) < 4.78 is 22.7. The molecule has 5 nitrogen and oxygen atoms in total. The third kappa shape index (κ3) is 4.01. The molecule has 1 aliphatic rings. The van der Waals surface area contributed by atoms with E-state index in [0.717, 1.165) is 0 Å². The molecule has 3 aromatic rings. The molecule has 0 unspecified atom stereocenters. The van der Waals surface area contributed by atoms with Crippen LogP contribution in [0.5, 0.6) is 23.0 Å². The lowest BCUT2D eigenvalue weighted by atomic mass is 10.1. The number of carbonyl (C=O) groups excluding carboxylic acids is 1. The third-order valence-corrected chi connectivity index (χ3v) is 5.90. The van der Waals surface area contributed by atoms with E-state index >= 15 is 0 Å². The first kappa shape index (κ1) is 22.1. The second-order valence-corrected chi connectivity index (χ2v) is 7.89. The van der Waals surface area contributed by atoms with Crippen LogP contribution in [0.2, 0.25) is 10.0 Å². The van der Waals surface area contributed by atoms with Gasteiger partial charge in [-0.15, -0.1) is 0 Å². The predicted molar refractivity (Wildman–Crippen MR) is 124 cm³/mol. The van der Waals surface area contributed by atoms with Gasteiger partial charge in [0, 0.05) is 26.7 Å². The molecule has 0 amide bonds. The average molecular weight is 471 g/mol. The van der Waals surface area contributed by atoms with Crippen molar-refractivity contribution in [1.82, 2.24) is 0 Å². The number of hydrogen-bond acceptors (Lipinski definition) is 5. The number of methoxy groups -OCH3 is 2. The van der Waals surface area contributed by atoms with Gasteiger partial charge in [-0.05, 0) is 43.3 Å². The fourth-order valence-corrected chi connectivity index (χ4v) is 4.02. The largest absolute Gasteiger partial charge is 0.493 e. The molecule has 7 heteroatoms. The average Bonchev–Trinajstić information content (AvgIpc) is 3.10. The lowest BCUT2D eigenvalue weighted by molar-refractivity contribution is 0.101. The predicted octanol–water partition coefficient (Wildman–Crippen LogP) is 6.51. The highest BCUT2D eigenvalue weighted by atomic mass is 35.5. The smallest absolute Gasteiger partial charge is 0.231 e. The van der Waals surface area contributed by atoms with Gasteiger partial charge in [0.2, 0.25) is 5.78 Å². The lowest BCUT2D eigenvalue weighted by Crippen LogP contribution is -2.00. The number of Topliss-reactive ketones (excluding diaryl/α,β-unsaturated/α-hetero) is 1. The molecular weight excluding hydrogens is 451 g/mol.